The number of para-hydroxylation sites is 2. The van der Waals surface area contributed by atoms with E-state index in [0.29, 0.717) is 0 Å². The summed E-state index contributed by atoms with van der Waals surface area (Å²) in [7, 11) is 0. The summed E-state index contributed by atoms with van der Waals surface area (Å²) in [6.45, 7) is 0. The molecule has 35 heavy (non-hydrogen) atoms. The molecule has 0 aliphatic carbocycles. The first kappa shape index (κ1) is 19.9. The molecule has 4 heterocycles. The molecule has 0 radical (unpaired) electrons. The van der Waals surface area contributed by atoms with Crippen LogP contribution in [-0.4, -0.2) is 23.3 Å². The number of benzene rings is 3. The topological polar surface area (TPSA) is 48.0 Å². The molecule has 7 aromatic rings. The van der Waals surface area contributed by atoms with Crippen molar-refractivity contribution in [1.29, 1.82) is 0 Å². The minimum atomic E-state index is 0.910. The lowest BCUT2D eigenvalue weighted by molar-refractivity contribution is 1.09. The molecule has 166 valence electrons. The second kappa shape index (κ2) is 8.04. The zero-order valence-corrected chi connectivity index (χ0v) is 19.4. The molecule has 0 bridgehead atoms. The van der Waals surface area contributed by atoms with Crippen molar-refractivity contribution in [2.45, 2.75) is 0 Å². The third kappa shape index (κ3) is 3.26. The smallest absolute Gasteiger partial charge is 0.148 e. The molecule has 4 aromatic heterocycles. The highest BCUT2D eigenvalue weighted by molar-refractivity contribution is 7.10. The van der Waals surface area contributed by atoms with Gasteiger partial charge in [-0.3, -0.25) is 9.55 Å². The molecule has 0 amide bonds. The van der Waals surface area contributed by atoms with Crippen LogP contribution in [0.4, 0.5) is 0 Å². The summed E-state index contributed by atoms with van der Waals surface area (Å²) in [5, 5.41) is 0. The van der Waals surface area contributed by atoms with Crippen molar-refractivity contribution in [3.63, 3.8) is 0 Å². The van der Waals surface area contributed by atoms with Gasteiger partial charge in [-0.2, -0.15) is 0 Å². The highest BCUT2D eigenvalue weighted by Gasteiger charge is 2.18. The van der Waals surface area contributed by atoms with Crippen LogP contribution in [0.2, 0.25) is 0 Å². The molecule has 0 aliphatic rings. The SMILES string of the molecule is c1ccc(-c2cccnc2-c2cc3ncc(-c4cccc5ncn(-c6ccccc6)c45)n3s2)cc1. The Morgan fingerprint density at radius 1 is 0.686 bits per heavy atom. The average molecular weight is 470 g/mol. The molecule has 0 unspecified atom stereocenters. The molecule has 0 saturated carbocycles. The molecular formula is C29H19N5S. The molecule has 5 nitrogen and oxygen atoms in total. The second-order valence-corrected chi connectivity index (χ2v) is 9.27. The van der Waals surface area contributed by atoms with Gasteiger partial charge in [-0.15, -0.1) is 0 Å². The van der Waals surface area contributed by atoms with Crippen molar-refractivity contribution in [3.8, 4) is 38.6 Å². The van der Waals surface area contributed by atoms with E-state index in [-0.39, 0.29) is 0 Å². The van der Waals surface area contributed by atoms with Crippen LogP contribution in [0.25, 0.3) is 55.3 Å². The summed E-state index contributed by atoms with van der Waals surface area (Å²) < 4.78 is 4.33. The molecule has 6 heteroatoms. The van der Waals surface area contributed by atoms with Gasteiger partial charge in [0.15, 0.2) is 0 Å². The van der Waals surface area contributed by atoms with E-state index >= 15 is 0 Å². The fourth-order valence-corrected chi connectivity index (χ4v) is 5.63. The second-order valence-electron chi connectivity index (χ2n) is 8.28. The van der Waals surface area contributed by atoms with Gasteiger partial charge in [0.25, 0.3) is 0 Å². The molecule has 3 aromatic carbocycles. The number of hydrogen-bond donors (Lipinski definition) is 0. The van der Waals surface area contributed by atoms with E-state index in [1.807, 2.05) is 49.1 Å². The molecular weight excluding hydrogens is 450 g/mol. The molecule has 0 saturated heterocycles. The number of hydrogen-bond acceptors (Lipinski definition) is 4. The van der Waals surface area contributed by atoms with E-state index in [2.05, 4.69) is 80.1 Å². The third-order valence-electron chi connectivity index (χ3n) is 6.20. The Morgan fingerprint density at radius 3 is 2.34 bits per heavy atom. The van der Waals surface area contributed by atoms with Crippen LogP contribution in [0.1, 0.15) is 0 Å². The van der Waals surface area contributed by atoms with E-state index in [1.54, 1.807) is 11.5 Å². The van der Waals surface area contributed by atoms with Crippen molar-refractivity contribution in [3.05, 3.63) is 116 Å². The van der Waals surface area contributed by atoms with Crippen LogP contribution < -0.4 is 0 Å². The van der Waals surface area contributed by atoms with Crippen LogP contribution in [0.3, 0.4) is 0 Å². The number of imidazole rings is 2. The molecule has 0 fully saturated rings. The monoisotopic (exact) mass is 469 g/mol. The summed E-state index contributed by atoms with van der Waals surface area (Å²) in [6.07, 6.45) is 5.69. The fraction of sp³-hybridized carbons (Fsp3) is 0. The summed E-state index contributed by atoms with van der Waals surface area (Å²) >= 11 is 1.66. The summed E-state index contributed by atoms with van der Waals surface area (Å²) in [5.74, 6) is 0. The number of aromatic nitrogens is 5. The van der Waals surface area contributed by atoms with Crippen LogP contribution >= 0.6 is 11.5 Å². The van der Waals surface area contributed by atoms with Gasteiger partial charge >= 0.3 is 0 Å². The van der Waals surface area contributed by atoms with Crippen molar-refractivity contribution >= 4 is 28.2 Å². The number of fused-ring (bicyclic) bond motifs is 2. The van der Waals surface area contributed by atoms with E-state index in [1.165, 1.54) is 0 Å². The Balaban J connectivity index is 1.41. The summed E-state index contributed by atoms with van der Waals surface area (Å²) in [5.41, 5.74) is 9.37. The molecule has 0 spiro atoms. The van der Waals surface area contributed by atoms with Gasteiger partial charge in [-0.1, -0.05) is 78.3 Å². The van der Waals surface area contributed by atoms with Crippen LogP contribution in [0.15, 0.2) is 116 Å². The minimum Gasteiger partial charge on any atom is -0.298 e. The molecule has 0 N–H and O–H groups in total. The maximum absolute atomic E-state index is 4.75. The summed E-state index contributed by atoms with van der Waals surface area (Å²) in [6, 6.07) is 33.2. The van der Waals surface area contributed by atoms with Crippen molar-refractivity contribution < 1.29 is 0 Å². The van der Waals surface area contributed by atoms with Crippen LogP contribution in [-0.2, 0) is 0 Å². The van der Waals surface area contributed by atoms with Gasteiger partial charge in [-0.25, -0.2) is 13.8 Å². The quantitative estimate of drug-likeness (QED) is 0.275. The lowest BCUT2D eigenvalue weighted by Gasteiger charge is -2.08. The zero-order chi connectivity index (χ0) is 23.2. The zero-order valence-electron chi connectivity index (χ0n) is 18.6. The first-order valence-corrected chi connectivity index (χ1v) is 12.1. The van der Waals surface area contributed by atoms with E-state index < -0.39 is 0 Å². The minimum absolute atomic E-state index is 0.910. The molecule has 7 rings (SSSR count). The Kier molecular flexibility index (Phi) is 4.57. The van der Waals surface area contributed by atoms with Crippen molar-refractivity contribution in [2.75, 3.05) is 0 Å². The maximum atomic E-state index is 4.75. The highest BCUT2D eigenvalue weighted by atomic mass is 32.1. The molecule has 0 atom stereocenters. The predicted octanol–water partition coefficient (Wildman–Crippen LogP) is 7.13. The van der Waals surface area contributed by atoms with Gasteiger partial charge in [-0.05, 0) is 29.8 Å². The van der Waals surface area contributed by atoms with Gasteiger partial charge in [0, 0.05) is 29.1 Å². The lowest BCUT2D eigenvalue weighted by Crippen LogP contribution is -1.94. The number of nitrogens with zero attached hydrogens (tertiary/aromatic N) is 5. The van der Waals surface area contributed by atoms with E-state index in [0.717, 1.165) is 55.3 Å². The van der Waals surface area contributed by atoms with Crippen LogP contribution in [0, 0.1) is 0 Å². The van der Waals surface area contributed by atoms with Gasteiger partial charge in [0.1, 0.15) is 12.0 Å². The predicted molar refractivity (Wildman–Crippen MR) is 142 cm³/mol. The number of rotatable bonds is 4. The van der Waals surface area contributed by atoms with Crippen LogP contribution in [0.5, 0.6) is 0 Å². The Morgan fingerprint density at radius 2 is 1.49 bits per heavy atom. The third-order valence-corrected chi connectivity index (χ3v) is 7.27. The fourth-order valence-electron chi connectivity index (χ4n) is 4.59. The number of pyridine rings is 1. The standard InChI is InChI=1S/C29H19N5S/c1-3-9-20(10-4-1)22-14-8-16-30-28(22)26-17-27-31-18-25(34(27)35-26)23-13-7-15-24-29(23)33(19-32-24)21-11-5-2-6-12-21/h1-19H. The Bertz CT molecular complexity index is 1800. The Hall–Kier alpha value is -4.55. The average Bonchev–Trinajstić information content (AvgIpc) is 3.64. The van der Waals surface area contributed by atoms with Gasteiger partial charge < -0.3 is 0 Å². The lowest BCUT2D eigenvalue weighted by atomic mass is 10.0. The Labute approximate surface area is 205 Å². The highest BCUT2D eigenvalue weighted by Crippen LogP contribution is 2.37. The first-order chi connectivity index (χ1) is 17.4. The molecule has 0 aliphatic heterocycles. The maximum Gasteiger partial charge on any atom is 0.148 e. The van der Waals surface area contributed by atoms with Gasteiger partial charge in [0.2, 0.25) is 0 Å². The van der Waals surface area contributed by atoms with Gasteiger partial charge in [0.05, 0.1) is 33.5 Å². The normalized spacial score (nSPS) is 11.4. The largest absolute Gasteiger partial charge is 0.298 e. The van der Waals surface area contributed by atoms with E-state index in [4.69, 9.17) is 9.97 Å². The van der Waals surface area contributed by atoms with Crippen molar-refractivity contribution in [2.24, 2.45) is 0 Å². The first-order valence-electron chi connectivity index (χ1n) is 11.4. The van der Waals surface area contributed by atoms with Crippen molar-refractivity contribution in [1.82, 2.24) is 23.3 Å². The summed E-state index contributed by atoms with van der Waals surface area (Å²) in [4.78, 5) is 15.3. The van der Waals surface area contributed by atoms with E-state index in [9.17, 15) is 0 Å².